The Balaban J connectivity index is 1.39. The Kier molecular flexibility index (Phi) is 6.41. The molecule has 1 N–H and O–H groups in total. The number of amides is 2. The largest absolute Gasteiger partial charge is 0.346 e. The summed E-state index contributed by atoms with van der Waals surface area (Å²) in [5, 5.41) is 6.80. The summed E-state index contributed by atoms with van der Waals surface area (Å²) in [5.74, 6) is -0.190. The van der Waals surface area contributed by atoms with Gasteiger partial charge < -0.3 is 15.1 Å². The third-order valence-corrected chi connectivity index (χ3v) is 8.42. The van der Waals surface area contributed by atoms with Crippen molar-refractivity contribution in [2.75, 3.05) is 36.4 Å². The van der Waals surface area contributed by atoms with Gasteiger partial charge in [-0.15, -0.1) is 22.7 Å². The zero-order valence-electron chi connectivity index (χ0n) is 18.7. The first-order valence-corrected chi connectivity index (χ1v) is 13.1. The molecule has 0 spiro atoms. The number of carbonyl (C=O) groups excluding carboxylic acids is 2. The van der Waals surface area contributed by atoms with Crippen LogP contribution >= 0.6 is 22.7 Å². The Labute approximate surface area is 201 Å². The number of rotatable bonds is 4. The highest BCUT2D eigenvalue weighted by Crippen LogP contribution is 2.39. The highest BCUT2D eigenvalue weighted by atomic mass is 32.1. The molecule has 1 fully saturated rings. The number of hydrogen-bond acceptors (Lipinski definition) is 7. The van der Waals surface area contributed by atoms with Gasteiger partial charge in [-0.25, -0.2) is 4.98 Å². The van der Waals surface area contributed by atoms with Crippen molar-refractivity contribution in [2.24, 2.45) is 0 Å². The number of hydrogen-bond donors (Lipinski definition) is 1. The van der Waals surface area contributed by atoms with Gasteiger partial charge in [0, 0.05) is 48.8 Å². The lowest BCUT2D eigenvalue weighted by atomic mass is 9.95. The number of nitrogens with zero attached hydrogens (tertiary/aromatic N) is 4. The van der Waals surface area contributed by atoms with Gasteiger partial charge in [0.1, 0.15) is 5.00 Å². The van der Waals surface area contributed by atoms with Crippen LogP contribution in [0.5, 0.6) is 0 Å². The second kappa shape index (κ2) is 9.61. The number of aromatic nitrogens is 2. The fourth-order valence-corrected chi connectivity index (χ4v) is 6.64. The van der Waals surface area contributed by atoms with Gasteiger partial charge >= 0.3 is 0 Å². The van der Waals surface area contributed by atoms with E-state index >= 15 is 0 Å². The van der Waals surface area contributed by atoms with Crippen LogP contribution < -0.4 is 10.2 Å². The summed E-state index contributed by atoms with van der Waals surface area (Å²) in [6.45, 7) is 5.03. The molecule has 3 aromatic rings. The molecule has 1 aliphatic carbocycles. The van der Waals surface area contributed by atoms with Crippen LogP contribution in [-0.2, 0) is 12.8 Å². The maximum absolute atomic E-state index is 13.8. The number of nitrogens with one attached hydrogen (secondary N) is 1. The molecular weight excluding hydrogens is 454 g/mol. The van der Waals surface area contributed by atoms with Crippen LogP contribution in [0.2, 0.25) is 0 Å². The molecule has 0 aromatic carbocycles. The van der Waals surface area contributed by atoms with Crippen LogP contribution in [0.15, 0.2) is 29.9 Å². The van der Waals surface area contributed by atoms with E-state index in [2.05, 4.69) is 25.6 Å². The van der Waals surface area contributed by atoms with Gasteiger partial charge in [0.05, 0.1) is 16.8 Å². The van der Waals surface area contributed by atoms with Gasteiger partial charge in [-0.3, -0.25) is 14.6 Å². The van der Waals surface area contributed by atoms with E-state index in [0.717, 1.165) is 61.6 Å². The van der Waals surface area contributed by atoms with E-state index in [1.54, 1.807) is 47.2 Å². The highest BCUT2D eigenvalue weighted by Gasteiger charge is 2.30. The fourth-order valence-electron chi connectivity index (χ4n) is 4.51. The molecule has 2 amide bonds. The van der Waals surface area contributed by atoms with Crippen molar-refractivity contribution < 1.29 is 9.59 Å². The number of thiophene rings is 1. The number of pyridine rings is 1. The van der Waals surface area contributed by atoms with Crippen molar-refractivity contribution in [3.63, 3.8) is 0 Å². The Morgan fingerprint density at radius 2 is 1.97 bits per heavy atom. The van der Waals surface area contributed by atoms with Gasteiger partial charge in [0.25, 0.3) is 11.8 Å². The maximum atomic E-state index is 13.8. The zero-order chi connectivity index (χ0) is 22.8. The van der Waals surface area contributed by atoms with Crippen molar-refractivity contribution in [3.05, 3.63) is 57.2 Å². The lowest BCUT2D eigenvalue weighted by Gasteiger charge is -2.23. The topological polar surface area (TPSA) is 78.4 Å². The van der Waals surface area contributed by atoms with E-state index < -0.39 is 0 Å². The first kappa shape index (κ1) is 22.0. The molecule has 1 aliphatic heterocycles. The molecule has 7 nitrogen and oxygen atoms in total. The normalized spacial score (nSPS) is 16.3. The molecule has 5 rings (SSSR count). The first-order chi connectivity index (χ1) is 16.1. The average molecular weight is 482 g/mol. The molecular formula is C24H27N5O2S2. The third kappa shape index (κ3) is 4.65. The number of thiazole rings is 1. The van der Waals surface area contributed by atoms with Gasteiger partial charge in [-0.2, -0.15) is 0 Å². The van der Waals surface area contributed by atoms with E-state index in [1.807, 2.05) is 11.8 Å². The fraction of sp³-hybridized carbons (Fsp3) is 0.417. The Morgan fingerprint density at radius 1 is 1.09 bits per heavy atom. The van der Waals surface area contributed by atoms with Crippen LogP contribution in [0.25, 0.3) is 0 Å². The molecule has 0 bridgehead atoms. The highest BCUT2D eigenvalue weighted by molar-refractivity contribution is 7.17. The van der Waals surface area contributed by atoms with Gasteiger partial charge in [0.2, 0.25) is 0 Å². The summed E-state index contributed by atoms with van der Waals surface area (Å²) in [7, 11) is 0. The Hall–Kier alpha value is -2.78. The summed E-state index contributed by atoms with van der Waals surface area (Å²) < 4.78 is 0. The minimum absolute atomic E-state index is 0.0352. The Morgan fingerprint density at radius 3 is 2.76 bits per heavy atom. The molecule has 0 unspecified atom stereocenters. The van der Waals surface area contributed by atoms with E-state index in [4.69, 9.17) is 0 Å². The molecule has 9 heteroatoms. The van der Waals surface area contributed by atoms with Crippen LogP contribution in [-0.4, -0.2) is 52.9 Å². The second-order valence-corrected chi connectivity index (χ2v) is 10.5. The predicted molar refractivity (Wildman–Crippen MR) is 133 cm³/mol. The predicted octanol–water partition coefficient (Wildman–Crippen LogP) is 4.39. The number of fused-ring (bicyclic) bond motifs is 1. The standard InChI is InChI=1S/C24H27N5O2S2/c1-16-15-32-24(26-16)29-11-5-10-28(12-13-29)23(31)20-18-7-2-3-8-19(18)33-22(20)27-21(30)17-6-4-9-25-14-17/h4,6,9,14-15H,2-3,5,7-8,10-13H2,1H3,(H,27,30). The molecule has 0 radical (unpaired) electrons. The molecule has 1 saturated heterocycles. The minimum Gasteiger partial charge on any atom is -0.346 e. The molecule has 0 atom stereocenters. The summed E-state index contributed by atoms with van der Waals surface area (Å²) in [5.41, 5.74) is 3.36. The van der Waals surface area contributed by atoms with E-state index in [9.17, 15) is 9.59 Å². The molecule has 2 aliphatic rings. The number of aryl methyl sites for hydroxylation is 2. The SMILES string of the molecule is Cc1csc(N2CCCN(C(=O)c3c(NC(=O)c4cccnc4)sc4c3CCCC4)CC2)n1. The molecule has 4 heterocycles. The summed E-state index contributed by atoms with van der Waals surface area (Å²) in [6.07, 6.45) is 8.17. The summed E-state index contributed by atoms with van der Waals surface area (Å²) in [4.78, 5) is 40.8. The average Bonchev–Trinajstić information content (AvgIpc) is 3.33. The number of carbonyl (C=O) groups is 2. The maximum Gasteiger partial charge on any atom is 0.257 e. The molecule has 3 aromatic heterocycles. The second-order valence-electron chi connectivity index (χ2n) is 8.52. The van der Waals surface area contributed by atoms with Crippen molar-refractivity contribution in [1.82, 2.24) is 14.9 Å². The number of anilines is 2. The van der Waals surface area contributed by atoms with E-state index in [1.165, 1.54) is 4.88 Å². The summed E-state index contributed by atoms with van der Waals surface area (Å²) in [6, 6.07) is 3.48. The lowest BCUT2D eigenvalue weighted by molar-refractivity contribution is 0.0767. The molecule has 0 saturated carbocycles. The third-order valence-electron chi connectivity index (χ3n) is 6.20. The smallest absolute Gasteiger partial charge is 0.257 e. The van der Waals surface area contributed by atoms with Crippen molar-refractivity contribution in [1.29, 1.82) is 0 Å². The van der Waals surface area contributed by atoms with E-state index in [0.29, 0.717) is 29.2 Å². The van der Waals surface area contributed by atoms with Crippen LogP contribution in [0.1, 0.15) is 56.1 Å². The molecule has 33 heavy (non-hydrogen) atoms. The van der Waals surface area contributed by atoms with Gasteiger partial charge in [0.15, 0.2) is 5.13 Å². The lowest BCUT2D eigenvalue weighted by Crippen LogP contribution is -2.36. The van der Waals surface area contributed by atoms with E-state index in [-0.39, 0.29) is 11.8 Å². The van der Waals surface area contributed by atoms with Crippen molar-refractivity contribution in [2.45, 2.75) is 39.0 Å². The zero-order valence-corrected chi connectivity index (χ0v) is 20.3. The van der Waals surface area contributed by atoms with Crippen LogP contribution in [0, 0.1) is 6.92 Å². The van der Waals surface area contributed by atoms with Crippen LogP contribution in [0.4, 0.5) is 10.1 Å². The molecule has 172 valence electrons. The monoisotopic (exact) mass is 481 g/mol. The van der Waals surface area contributed by atoms with Gasteiger partial charge in [-0.1, -0.05) is 0 Å². The van der Waals surface area contributed by atoms with Crippen LogP contribution in [0.3, 0.4) is 0 Å². The van der Waals surface area contributed by atoms with Crippen molar-refractivity contribution >= 4 is 44.6 Å². The van der Waals surface area contributed by atoms with Gasteiger partial charge in [-0.05, 0) is 56.7 Å². The van der Waals surface area contributed by atoms with Crippen molar-refractivity contribution in [3.8, 4) is 0 Å². The summed E-state index contributed by atoms with van der Waals surface area (Å²) >= 11 is 3.22. The minimum atomic E-state index is -0.225. The first-order valence-electron chi connectivity index (χ1n) is 11.4. The Bertz CT molecular complexity index is 1160. The quantitative estimate of drug-likeness (QED) is 0.598.